The average Bonchev–Trinajstić information content (AvgIpc) is 3.12. The Morgan fingerprint density at radius 1 is 1.28 bits per heavy atom. The van der Waals surface area contributed by atoms with Crippen LogP contribution in [-0.4, -0.2) is 28.1 Å². The Morgan fingerprint density at radius 2 is 2.00 bits per heavy atom. The Kier molecular flexibility index (Phi) is 8.04. The maximum atomic E-state index is 14.1. The van der Waals surface area contributed by atoms with Gasteiger partial charge < -0.3 is 10.2 Å². The van der Waals surface area contributed by atoms with Crippen molar-refractivity contribution in [2.75, 3.05) is 0 Å². The van der Waals surface area contributed by atoms with Crippen molar-refractivity contribution in [1.29, 1.82) is 0 Å². The molecule has 2 saturated carbocycles. The van der Waals surface area contributed by atoms with E-state index in [1.54, 1.807) is 0 Å². The Bertz CT molecular complexity index is 800. The number of alkyl halides is 1. The molecule has 3 aliphatic carbocycles. The summed E-state index contributed by atoms with van der Waals surface area (Å²) in [5.41, 5.74) is 2.33. The van der Waals surface area contributed by atoms with Crippen LogP contribution in [0.2, 0.25) is 0 Å². The maximum absolute atomic E-state index is 14.1. The predicted octanol–water partition coefficient (Wildman–Crippen LogP) is 7.01. The second-order valence-corrected chi connectivity index (χ2v) is 10.7. The zero-order valence-corrected chi connectivity index (χ0v) is 20.5. The van der Waals surface area contributed by atoms with Gasteiger partial charge in [-0.2, -0.15) is 0 Å². The van der Waals surface area contributed by atoms with E-state index < -0.39 is 17.9 Å². The minimum atomic E-state index is -1.14. The first-order valence-electron chi connectivity index (χ1n) is 12.6. The van der Waals surface area contributed by atoms with Gasteiger partial charge in [-0.15, -0.1) is 0 Å². The molecule has 32 heavy (non-hydrogen) atoms. The lowest BCUT2D eigenvalue weighted by molar-refractivity contribution is 0.0819. The molecule has 0 aliphatic heterocycles. The highest BCUT2D eigenvalue weighted by Gasteiger charge is 2.47. The van der Waals surface area contributed by atoms with Crippen LogP contribution in [0.25, 0.3) is 0 Å². The molecule has 3 rings (SSSR count). The van der Waals surface area contributed by atoms with E-state index in [1.807, 2.05) is 26.0 Å². The molecule has 0 saturated heterocycles. The molecule has 0 radical (unpaired) electrons. The van der Waals surface area contributed by atoms with E-state index in [-0.39, 0.29) is 11.8 Å². The molecule has 6 atom stereocenters. The summed E-state index contributed by atoms with van der Waals surface area (Å²) in [6, 6.07) is 0. The molecule has 3 heteroatoms. The minimum absolute atomic E-state index is 0.165. The van der Waals surface area contributed by atoms with Crippen molar-refractivity contribution < 1.29 is 14.6 Å². The van der Waals surface area contributed by atoms with Crippen LogP contribution in [0.5, 0.6) is 0 Å². The van der Waals surface area contributed by atoms with E-state index in [0.717, 1.165) is 31.3 Å². The first-order valence-corrected chi connectivity index (χ1v) is 12.6. The van der Waals surface area contributed by atoms with Crippen LogP contribution >= 0.6 is 0 Å². The van der Waals surface area contributed by atoms with Crippen molar-refractivity contribution in [3.8, 4) is 0 Å². The van der Waals surface area contributed by atoms with Gasteiger partial charge in [0.15, 0.2) is 0 Å². The van der Waals surface area contributed by atoms with Crippen LogP contribution in [0.4, 0.5) is 4.39 Å². The number of aliphatic hydroxyl groups excluding tert-OH is 1. The van der Waals surface area contributed by atoms with E-state index >= 15 is 0 Å². The topological polar surface area (TPSA) is 40.5 Å². The van der Waals surface area contributed by atoms with Crippen molar-refractivity contribution >= 4 is 0 Å². The van der Waals surface area contributed by atoms with E-state index in [9.17, 15) is 14.6 Å². The van der Waals surface area contributed by atoms with Crippen molar-refractivity contribution in [1.82, 2.24) is 0 Å². The molecule has 2 fully saturated rings. The number of hydrogen-bond acceptors (Lipinski definition) is 2. The van der Waals surface area contributed by atoms with Crippen LogP contribution in [0.15, 0.2) is 59.8 Å². The largest absolute Gasteiger partial charge is 0.393 e. The third-order valence-electron chi connectivity index (χ3n) is 8.56. The Labute approximate surface area is 194 Å². The van der Waals surface area contributed by atoms with Crippen LogP contribution in [0, 0.1) is 23.2 Å². The van der Waals surface area contributed by atoms with Gasteiger partial charge in [0, 0.05) is 12.3 Å². The minimum Gasteiger partial charge on any atom is -0.393 e. The monoisotopic (exact) mass is 442 g/mol. The van der Waals surface area contributed by atoms with Gasteiger partial charge in [-0.3, -0.25) is 0 Å². The Hall–Kier alpha value is -1.45. The van der Waals surface area contributed by atoms with Gasteiger partial charge >= 0.3 is 0 Å². The number of aliphatic hydroxyl groups is 2. The molecule has 0 heterocycles. The lowest BCUT2D eigenvalue weighted by Gasteiger charge is -2.44. The average molecular weight is 443 g/mol. The second kappa shape index (κ2) is 10.2. The smallest absolute Gasteiger partial charge is 0.127 e. The highest BCUT2D eigenvalue weighted by Crippen LogP contribution is 2.56. The summed E-state index contributed by atoms with van der Waals surface area (Å²) in [6.07, 6.45) is 18.0. The summed E-state index contributed by atoms with van der Waals surface area (Å²) >= 11 is 0. The molecule has 0 bridgehead atoms. The van der Waals surface area contributed by atoms with Gasteiger partial charge in [0.05, 0.1) is 11.7 Å². The fraction of sp³-hybridized carbons (Fsp3) is 0.655. The Morgan fingerprint density at radius 3 is 2.69 bits per heavy atom. The summed E-state index contributed by atoms with van der Waals surface area (Å²) < 4.78 is 14.1. The van der Waals surface area contributed by atoms with E-state index in [0.29, 0.717) is 29.7 Å². The first kappa shape index (κ1) is 25.2. The van der Waals surface area contributed by atoms with Gasteiger partial charge in [0.1, 0.15) is 6.17 Å². The molecule has 2 N–H and O–H groups in total. The van der Waals surface area contributed by atoms with Gasteiger partial charge in [-0.25, -0.2) is 4.39 Å². The van der Waals surface area contributed by atoms with Crippen LogP contribution < -0.4 is 0 Å². The summed E-state index contributed by atoms with van der Waals surface area (Å²) in [6.45, 7) is 12.8. The molecule has 0 spiro atoms. The third-order valence-corrected chi connectivity index (χ3v) is 8.56. The van der Waals surface area contributed by atoms with E-state index in [4.69, 9.17) is 0 Å². The highest BCUT2D eigenvalue weighted by molar-refractivity contribution is 5.39. The Balaban J connectivity index is 1.73. The molecule has 3 aliphatic rings. The standard InChI is InChI=1S/C29H43FO2/c1-6-29(32,7-2)17-8-10-20(3)25-14-15-26-22(11-9-16-28(25,26)5)12-13-23-18-24(31)19-27(30)21(23)4/h8,12-15,17,20,24-27,31-32H,4,6-7,9-11,16,18-19H2,1-3,5H3/b17-8+,22-12-,23-13+. The van der Waals surface area contributed by atoms with E-state index in [2.05, 4.69) is 44.7 Å². The summed E-state index contributed by atoms with van der Waals surface area (Å²) in [7, 11) is 0. The summed E-state index contributed by atoms with van der Waals surface area (Å²) in [5, 5.41) is 20.5. The molecule has 0 aromatic carbocycles. The normalized spacial score (nSPS) is 36.9. The molecule has 2 nitrogen and oxygen atoms in total. The van der Waals surface area contributed by atoms with Gasteiger partial charge in [-0.1, -0.05) is 76.3 Å². The van der Waals surface area contributed by atoms with E-state index in [1.165, 1.54) is 18.4 Å². The quantitative estimate of drug-likeness (QED) is 0.416. The molecule has 0 amide bonds. The predicted molar refractivity (Wildman–Crippen MR) is 132 cm³/mol. The van der Waals surface area contributed by atoms with Crippen LogP contribution in [0.1, 0.15) is 79.1 Å². The molecule has 0 aromatic heterocycles. The maximum Gasteiger partial charge on any atom is 0.127 e. The van der Waals surface area contributed by atoms with Crippen molar-refractivity contribution in [2.24, 2.45) is 23.2 Å². The van der Waals surface area contributed by atoms with Gasteiger partial charge in [0.25, 0.3) is 0 Å². The molecular formula is C29H43FO2. The van der Waals surface area contributed by atoms with Gasteiger partial charge in [0.2, 0.25) is 0 Å². The van der Waals surface area contributed by atoms with Gasteiger partial charge in [-0.05, 0) is 73.3 Å². The number of halogens is 1. The first-order chi connectivity index (χ1) is 15.1. The third kappa shape index (κ3) is 5.20. The lowest BCUT2D eigenvalue weighted by Crippen LogP contribution is -2.36. The van der Waals surface area contributed by atoms with Crippen molar-refractivity contribution in [3.63, 3.8) is 0 Å². The molecule has 6 unspecified atom stereocenters. The summed E-state index contributed by atoms with van der Waals surface area (Å²) in [4.78, 5) is 0. The second-order valence-electron chi connectivity index (χ2n) is 10.7. The van der Waals surface area contributed by atoms with Crippen LogP contribution in [0.3, 0.4) is 0 Å². The fourth-order valence-corrected chi connectivity index (χ4v) is 6.17. The number of hydrogen-bond donors (Lipinski definition) is 2. The van der Waals surface area contributed by atoms with Crippen LogP contribution in [-0.2, 0) is 0 Å². The number of allylic oxidation sites excluding steroid dienone is 7. The molecular weight excluding hydrogens is 399 g/mol. The fourth-order valence-electron chi connectivity index (χ4n) is 6.17. The molecule has 178 valence electrons. The number of fused-ring (bicyclic) bond motifs is 1. The SMILES string of the molecule is C=C1/C(=C/C=C2/CCCC3(C)C2C=CC3C(C)C/C=C/C(O)(CC)CC)CC(O)CC1F. The number of rotatable bonds is 7. The summed E-state index contributed by atoms with van der Waals surface area (Å²) in [5.74, 6) is 1.43. The lowest BCUT2D eigenvalue weighted by atomic mass is 9.60. The van der Waals surface area contributed by atoms with Crippen molar-refractivity contribution in [2.45, 2.75) is 96.9 Å². The van der Waals surface area contributed by atoms with Crippen molar-refractivity contribution in [3.05, 3.63) is 59.8 Å². The zero-order chi connectivity index (χ0) is 23.5. The highest BCUT2D eigenvalue weighted by atomic mass is 19.1. The molecule has 0 aromatic rings. The zero-order valence-electron chi connectivity index (χ0n) is 20.5.